The summed E-state index contributed by atoms with van der Waals surface area (Å²) < 4.78 is 5.77. The number of carbonyl (C=O) groups is 1. The van der Waals surface area contributed by atoms with Crippen molar-refractivity contribution in [1.29, 1.82) is 0 Å². The van der Waals surface area contributed by atoms with Crippen LogP contribution in [0.15, 0.2) is 30.3 Å². The van der Waals surface area contributed by atoms with Crippen LogP contribution in [0.3, 0.4) is 0 Å². The average Bonchev–Trinajstić information content (AvgIpc) is 3.37. The zero-order valence-corrected chi connectivity index (χ0v) is 13.4. The van der Waals surface area contributed by atoms with Crippen LogP contribution < -0.4 is 5.32 Å². The molecule has 1 aliphatic heterocycles. The Morgan fingerprint density at radius 1 is 1.29 bits per heavy atom. The quantitative estimate of drug-likeness (QED) is 0.858. The number of H-pyrrole nitrogens is 1. The molecule has 1 saturated heterocycles. The van der Waals surface area contributed by atoms with Gasteiger partial charge in [-0.15, -0.1) is 0 Å². The molecule has 0 spiro atoms. The van der Waals surface area contributed by atoms with Gasteiger partial charge in [-0.2, -0.15) is 15.4 Å². The lowest BCUT2D eigenvalue weighted by Gasteiger charge is -2.33. The number of ether oxygens (including phenoxy) is 1. The van der Waals surface area contributed by atoms with Crippen molar-refractivity contribution in [2.45, 2.75) is 25.0 Å². The number of amides is 1. The molecule has 126 valence electrons. The molecule has 1 saturated carbocycles. The third kappa shape index (κ3) is 3.32. The number of carbonyl (C=O) groups excluding carboxylic acids is 1. The van der Waals surface area contributed by atoms with Crippen LogP contribution in [0.4, 0.5) is 0 Å². The van der Waals surface area contributed by atoms with Gasteiger partial charge in [0.2, 0.25) is 0 Å². The lowest BCUT2D eigenvalue weighted by molar-refractivity contribution is -0.0293. The highest BCUT2D eigenvalue weighted by atomic mass is 16.5. The molecule has 0 radical (unpaired) electrons. The van der Waals surface area contributed by atoms with Crippen molar-refractivity contribution in [3.05, 3.63) is 36.0 Å². The second kappa shape index (κ2) is 6.70. The Balaban J connectivity index is 1.37. The van der Waals surface area contributed by atoms with Crippen LogP contribution in [-0.2, 0) is 4.74 Å². The highest BCUT2D eigenvalue weighted by Gasteiger charge is 2.33. The number of morpholine rings is 1. The van der Waals surface area contributed by atoms with Gasteiger partial charge in [0.25, 0.3) is 5.91 Å². The minimum absolute atomic E-state index is 0.0374. The third-order valence-electron chi connectivity index (χ3n) is 4.53. The van der Waals surface area contributed by atoms with Crippen LogP contribution in [-0.4, -0.2) is 64.6 Å². The summed E-state index contributed by atoms with van der Waals surface area (Å²) in [6, 6.07) is 10.3. The van der Waals surface area contributed by atoms with Crippen LogP contribution >= 0.6 is 0 Å². The predicted molar refractivity (Wildman–Crippen MR) is 88.5 cm³/mol. The third-order valence-corrected chi connectivity index (χ3v) is 4.53. The predicted octanol–water partition coefficient (Wildman–Crippen LogP) is 1.06. The monoisotopic (exact) mass is 327 g/mol. The van der Waals surface area contributed by atoms with E-state index in [1.807, 2.05) is 30.3 Å². The molecule has 1 atom stereocenters. The molecular formula is C17H21N5O2. The number of aromatic amines is 1. The molecule has 7 heteroatoms. The number of benzene rings is 1. The molecule has 2 aliphatic rings. The van der Waals surface area contributed by atoms with E-state index < -0.39 is 0 Å². The van der Waals surface area contributed by atoms with E-state index in [-0.39, 0.29) is 12.0 Å². The molecule has 2 heterocycles. The Morgan fingerprint density at radius 2 is 2.12 bits per heavy atom. The van der Waals surface area contributed by atoms with Gasteiger partial charge in [-0.25, -0.2) is 0 Å². The van der Waals surface area contributed by atoms with E-state index in [1.165, 1.54) is 12.8 Å². The van der Waals surface area contributed by atoms with Gasteiger partial charge in [-0.05, 0) is 12.8 Å². The van der Waals surface area contributed by atoms with Crippen LogP contribution in [0.5, 0.6) is 0 Å². The standard InChI is InChI=1S/C17H21N5O2/c23-17(16-15(19-21-20-16)12-4-2-1-3-5-12)18-10-14-11-22(8-9-24-14)13-6-7-13/h1-5,13-14H,6-11H2,(H,18,23)(H,19,20,21). The highest BCUT2D eigenvalue weighted by molar-refractivity contribution is 5.97. The van der Waals surface area contributed by atoms with Gasteiger partial charge < -0.3 is 10.1 Å². The van der Waals surface area contributed by atoms with Gasteiger partial charge in [-0.1, -0.05) is 30.3 Å². The summed E-state index contributed by atoms with van der Waals surface area (Å²) in [4.78, 5) is 14.9. The van der Waals surface area contributed by atoms with E-state index in [9.17, 15) is 4.79 Å². The fourth-order valence-electron chi connectivity index (χ4n) is 3.11. The van der Waals surface area contributed by atoms with Crippen molar-refractivity contribution in [3.63, 3.8) is 0 Å². The summed E-state index contributed by atoms with van der Waals surface area (Å²) in [6.07, 6.45) is 2.62. The molecule has 1 amide bonds. The van der Waals surface area contributed by atoms with Crippen molar-refractivity contribution < 1.29 is 9.53 Å². The van der Waals surface area contributed by atoms with E-state index >= 15 is 0 Å². The fourth-order valence-corrected chi connectivity index (χ4v) is 3.11. The Bertz CT molecular complexity index is 698. The molecule has 1 aliphatic carbocycles. The lowest BCUT2D eigenvalue weighted by atomic mass is 10.1. The summed E-state index contributed by atoms with van der Waals surface area (Å²) in [6.45, 7) is 3.10. The van der Waals surface area contributed by atoms with Crippen LogP contribution in [0.25, 0.3) is 11.3 Å². The molecule has 2 N–H and O–H groups in total. The molecule has 24 heavy (non-hydrogen) atoms. The average molecular weight is 327 g/mol. The van der Waals surface area contributed by atoms with Gasteiger partial charge >= 0.3 is 0 Å². The molecule has 2 fully saturated rings. The summed E-state index contributed by atoms with van der Waals surface area (Å²) in [7, 11) is 0. The molecule has 1 unspecified atom stereocenters. The Hall–Kier alpha value is -2.25. The minimum Gasteiger partial charge on any atom is -0.374 e. The van der Waals surface area contributed by atoms with Crippen molar-refractivity contribution in [2.24, 2.45) is 0 Å². The minimum atomic E-state index is -0.227. The first-order valence-electron chi connectivity index (χ1n) is 8.41. The highest BCUT2D eigenvalue weighted by Crippen LogP contribution is 2.28. The molecule has 0 bridgehead atoms. The fraction of sp³-hybridized carbons (Fsp3) is 0.471. The van der Waals surface area contributed by atoms with Crippen LogP contribution in [0.1, 0.15) is 23.3 Å². The molecular weight excluding hydrogens is 306 g/mol. The Kier molecular flexibility index (Phi) is 4.27. The topological polar surface area (TPSA) is 83.1 Å². The Morgan fingerprint density at radius 3 is 2.92 bits per heavy atom. The number of aromatic nitrogens is 3. The van der Waals surface area contributed by atoms with Crippen molar-refractivity contribution in [3.8, 4) is 11.3 Å². The zero-order valence-electron chi connectivity index (χ0n) is 13.4. The van der Waals surface area contributed by atoms with Gasteiger partial charge in [0.1, 0.15) is 5.69 Å². The van der Waals surface area contributed by atoms with Gasteiger partial charge in [0.15, 0.2) is 5.69 Å². The van der Waals surface area contributed by atoms with E-state index in [1.54, 1.807) is 0 Å². The normalized spacial score (nSPS) is 21.6. The molecule has 1 aromatic carbocycles. The second-order valence-electron chi connectivity index (χ2n) is 6.32. The van der Waals surface area contributed by atoms with E-state index in [4.69, 9.17) is 4.74 Å². The number of rotatable bonds is 5. The maximum absolute atomic E-state index is 12.5. The first-order chi connectivity index (χ1) is 11.8. The van der Waals surface area contributed by atoms with Gasteiger partial charge in [0.05, 0.1) is 12.7 Å². The summed E-state index contributed by atoms with van der Waals surface area (Å²) in [5.74, 6) is -0.227. The maximum Gasteiger partial charge on any atom is 0.274 e. The van der Waals surface area contributed by atoms with Gasteiger partial charge in [0, 0.05) is 31.2 Å². The van der Waals surface area contributed by atoms with E-state index in [0.717, 1.165) is 31.3 Å². The lowest BCUT2D eigenvalue weighted by Crippen LogP contribution is -2.48. The van der Waals surface area contributed by atoms with Gasteiger partial charge in [-0.3, -0.25) is 9.69 Å². The molecule has 4 rings (SSSR count). The second-order valence-corrected chi connectivity index (χ2v) is 6.32. The molecule has 7 nitrogen and oxygen atoms in total. The largest absolute Gasteiger partial charge is 0.374 e. The van der Waals surface area contributed by atoms with Crippen molar-refractivity contribution >= 4 is 5.91 Å². The summed E-state index contributed by atoms with van der Waals surface area (Å²) in [5.41, 5.74) is 1.75. The molecule has 1 aromatic heterocycles. The van der Waals surface area contributed by atoms with Crippen LogP contribution in [0, 0.1) is 0 Å². The van der Waals surface area contributed by atoms with E-state index in [0.29, 0.717) is 17.9 Å². The number of nitrogens with zero attached hydrogens (tertiary/aromatic N) is 3. The SMILES string of the molecule is O=C(NCC1CN(C2CC2)CCO1)c1n[nH]nc1-c1ccccc1. The zero-order chi connectivity index (χ0) is 16.4. The van der Waals surface area contributed by atoms with Crippen molar-refractivity contribution in [2.75, 3.05) is 26.2 Å². The van der Waals surface area contributed by atoms with Crippen molar-refractivity contribution in [1.82, 2.24) is 25.6 Å². The summed E-state index contributed by atoms with van der Waals surface area (Å²) >= 11 is 0. The van der Waals surface area contributed by atoms with E-state index in [2.05, 4.69) is 25.6 Å². The molecule has 2 aromatic rings. The number of nitrogens with one attached hydrogen (secondary N) is 2. The number of hydrogen-bond donors (Lipinski definition) is 2. The summed E-state index contributed by atoms with van der Waals surface area (Å²) in [5, 5.41) is 13.6. The first-order valence-corrected chi connectivity index (χ1v) is 8.41. The number of hydrogen-bond acceptors (Lipinski definition) is 5. The van der Waals surface area contributed by atoms with Crippen LogP contribution in [0.2, 0.25) is 0 Å². The Labute approximate surface area is 140 Å². The smallest absolute Gasteiger partial charge is 0.274 e. The first kappa shape index (κ1) is 15.3. The maximum atomic E-state index is 12.5.